The number of rotatable bonds is 2. The summed E-state index contributed by atoms with van der Waals surface area (Å²) in [6, 6.07) is 0.399. The summed E-state index contributed by atoms with van der Waals surface area (Å²) < 4.78 is 0. The van der Waals surface area contributed by atoms with Crippen LogP contribution in [-0.4, -0.2) is 65.5 Å². The minimum atomic E-state index is -0.354. The summed E-state index contributed by atoms with van der Waals surface area (Å²) in [7, 11) is 0. The van der Waals surface area contributed by atoms with Gasteiger partial charge in [-0.25, -0.2) is 0 Å². The summed E-state index contributed by atoms with van der Waals surface area (Å²) in [6.07, 6.45) is 2.62. The Kier molecular flexibility index (Phi) is 4.70. The zero-order chi connectivity index (χ0) is 12.3. The van der Waals surface area contributed by atoms with Crippen molar-refractivity contribution in [3.05, 3.63) is 0 Å². The lowest BCUT2D eigenvalue weighted by molar-refractivity contribution is -0.134. The number of hydrogen-bond acceptors (Lipinski definition) is 4. The van der Waals surface area contributed by atoms with Crippen LogP contribution >= 0.6 is 11.8 Å². The van der Waals surface area contributed by atoms with Gasteiger partial charge in [-0.05, 0) is 31.3 Å². The number of nitrogens with two attached hydrogens (primary N) is 1. The van der Waals surface area contributed by atoms with Crippen LogP contribution in [0.25, 0.3) is 0 Å². The maximum atomic E-state index is 11.8. The molecule has 1 amide bonds. The summed E-state index contributed by atoms with van der Waals surface area (Å²) in [5.74, 6) is 2.69. The quantitative estimate of drug-likeness (QED) is 0.777. The van der Waals surface area contributed by atoms with Crippen molar-refractivity contribution in [1.29, 1.82) is 0 Å². The molecule has 98 valence electrons. The van der Waals surface area contributed by atoms with E-state index in [1.54, 1.807) is 6.92 Å². The second-order valence-electron chi connectivity index (χ2n) is 4.99. The van der Waals surface area contributed by atoms with Gasteiger partial charge in [0.1, 0.15) is 0 Å². The van der Waals surface area contributed by atoms with Gasteiger partial charge in [-0.15, -0.1) is 0 Å². The fraction of sp³-hybridized carbons (Fsp3) is 0.917. The first-order chi connectivity index (χ1) is 8.18. The fourth-order valence-corrected chi connectivity index (χ4v) is 3.73. The molecule has 1 unspecified atom stereocenters. The summed E-state index contributed by atoms with van der Waals surface area (Å²) in [5.41, 5.74) is 5.64. The molecule has 2 fully saturated rings. The number of carbonyl (C=O) groups excluding carboxylic acids is 1. The molecule has 0 aromatic rings. The van der Waals surface area contributed by atoms with Crippen molar-refractivity contribution in [1.82, 2.24) is 9.80 Å². The van der Waals surface area contributed by atoms with Crippen molar-refractivity contribution in [3.8, 4) is 0 Å². The molecular formula is C12H23N3OS. The average molecular weight is 257 g/mol. The van der Waals surface area contributed by atoms with Gasteiger partial charge >= 0.3 is 0 Å². The number of carbonyl (C=O) groups is 1. The molecule has 0 aliphatic carbocycles. The number of nitrogens with zero attached hydrogens (tertiary/aromatic N) is 2. The molecule has 2 N–H and O–H groups in total. The Hall–Kier alpha value is -0.260. The zero-order valence-corrected chi connectivity index (χ0v) is 11.4. The maximum Gasteiger partial charge on any atom is 0.239 e. The molecule has 5 heteroatoms. The van der Waals surface area contributed by atoms with E-state index < -0.39 is 0 Å². The summed E-state index contributed by atoms with van der Waals surface area (Å²) >= 11 is 2.06. The van der Waals surface area contributed by atoms with Gasteiger partial charge in [0, 0.05) is 32.2 Å². The van der Waals surface area contributed by atoms with E-state index in [9.17, 15) is 4.79 Å². The van der Waals surface area contributed by atoms with E-state index in [0.717, 1.165) is 32.2 Å². The van der Waals surface area contributed by atoms with Crippen LogP contribution < -0.4 is 5.73 Å². The second kappa shape index (κ2) is 6.07. The number of thioether (sulfide) groups is 1. The SMILES string of the molecule is CC(N)C(=O)N1CCN(C2CCSCC2)CC1. The number of piperazine rings is 1. The Labute approximate surface area is 108 Å². The van der Waals surface area contributed by atoms with Crippen LogP contribution in [0.2, 0.25) is 0 Å². The first-order valence-corrected chi connectivity index (χ1v) is 7.70. The van der Waals surface area contributed by atoms with Gasteiger partial charge in [0.05, 0.1) is 6.04 Å². The molecule has 0 saturated carbocycles. The number of hydrogen-bond donors (Lipinski definition) is 1. The molecule has 0 aromatic heterocycles. The maximum absolute atomic E-state index is 11.8. The first kappa shape index (κ1) is 13.2. The third-order valence-corrected chi connectivity index (χ3v) is 4.77. The standard InChI is InChI=1S/C12H23N3OS/c1-10(13)12(16)15-6-4-14(5-7-15)11-2-8-17-9-3-11/h10-11H,2-9,13H2,1H3. The third-order valence-electron chi connectivity index (χ3n) is 3.72. The lowest BCUT2D eigenvalue weighted by Crippen LogP contribution is -2.55. The van der Waals surface area contributed by atoms with Crippen LogP contribution in [0.3, 0.4) is 0 Å². The smallest absolute Gasteiger partial charge is 0.239 e. The summed E-state index contributed by atoms with van der Waals surface area (Å²) in [5, 5.41) is 0. The van der Waals surface area contributed by atoms with Crippen LogP contribution in [0.15, 0.2) is 0 Å². The van der Waals surface area contributed by atoms with Gasteiger partial charge in [-0.3, -0.25) is 9.69 Å². The predicted octanol–water partition coefficient (Wildman–Crippen LogP) is 0.373. The van der Waals surface area contributed by atoms with Crippen LogP contribution in [0, 0.1) is 0 Å². The largest absolute Gasteiger partial charge is 0.339 e. The van der Waals surface area contributed by atoms with E-state index >= 15 is 0 Å². The van der Waals surface area contributed by atoms with Crippen LogP contribution in [0.1, 0.15) is 19.8 Å². The zero-order valence-electron chi connectivity index (χ0n) is 10.6. The normalized spacial score (nSPS) is 25.9. The van der Waals surface area contributed by atoms with Gasteiger partial charge in [-0.2, -0.15) is 11.8 Å². The molecule has 2 aliphatic heterocycles. The topological polar surface area (TPSA) is 49.6 Å². The highest BCUT2D eigenvalue weighted by Gasteiger charge is 2.27. The Bertz CT molecular complexity index is 258. The predicted molar refractivity (Wildman–Crippen MR) is 72.1 cm³/mol. The molecule has 0 radical (unpaired) electrons. The molecular weight excluding hydrogens is 234 g/mol. The first-order valence-electron chi connectivity index (χ1n) is 6.54. The monoisotopic (exact) mass is 257 g/mol. The molecule has 2 aliphatic rings. The van der Waals surface area contributed by atoms with Gasteiger partial charge in [0.25, 0.3) is 0 Å². The van der Waals surface area contributed by atoms with E-state index in [1.165, 1.54) is 24.3 Å². The molecule has 2 rings (SSSR count). The molecule has 4 nitrogen and oxygen atoms in total. The molecule has 0 aromatic carbocycles. The lowest BCUT2D eigenvalue weighted by Gasteiger charge is -2.41. The molecule has 17 heavy (non-hydrogen) atoms. The average Bonchev–Trinajstić information content (AvgIpc) is 2.39. The molecule has 1 atom stereocenters. The van der Waals surface area contributed by atoms with Gasteiger partial charge in [0.15, 0.2) is 0 Å². The van der Waals surface area contributed by atoms with Crippen molar-refractivity contribution >= 4 is 17.7 Å². The van der Waals surface area contributed by atoms with Crippen molar-refractivity contribution in [3.63, 3.8) is 0 Å². The Morgan fingerprint density at radius 3 is 2.35 bits per heavy atom. The Morgan fingerprint density at radius 2 is 1.82 bits per heavy atom. The Balaban J connectivity index is 1.79. The highest BCUT2D eigenvalue weighted by molar-refractivity contribution is 7.99. The Morgan fingerprint density at radius 1 is 1.24 bits per heavy atom. The van der Waals surface area contributed by atoms with E-state index in [4.69, 9.17) is 5.73 Å². The van der Waals surface area contributed by atoms with Crippen LogP contribution in [-0.2, 0) is 4.79 Å². The van der Waals surface area contributed by atoms with E-state index in [2.05, 4.69) is 16.7 Å². The lowest BCUT2D eigenvalue weighted by atomic mass is 10.1. The summed E-state index contributed by atoms with van der Waals surface area (Å²) in [6.45, 7) is 5.52. The van der Waals surface area contributed by atoms with E-state index in [-0.39, 0.29) is 11.9 Å². The molecule has 0 bridgehead atoms. The van der Waals surface area contributed by atoms with E-state index in [1.807, 2.05) is 4.90 Å². The van der Waals surface area contributed by atoms with Crippen molar-refractivity contribution in [2.75, 3.05) is 37.7 Å². The summed E-state index contributed by atoms with van der Waals surface area (Å²) in [4.78, 5) is 16.2. The minimum Gasteiger partial charge on any atom is -0.339 e. The fourth-order valence-electron chi connectivity index (χ4n) is 2.65. The van der Waals surface area contributed by atoms with Gasteiger partial charge in [0.2, 0.25) is 5.91 Å². The molecule has 2 saturated heterocycles. The highest BCUT2D eigenvalue weighted by atomic mass is 32.2. The molecule has 2 heterocycles. The van der Waals surface area contributed by atoms with Crippen molar-refractivity contribution in [2.24, 2.45) is 5.73 Å². The van der Waals surface area contributed by atoms with Gasteiger partial charge in [-0.1, -0.05) is 0 Å². The second-order valence-corrected chi connectivity index (χ2v) is 6.22. The van der Waals surface area contributed by atoms with E-state index in [0.29, 0.717) is 0 Å². The minimum absolute atomic E-state index is 0.101. The van der Waals surface area contributed by atoms with Crippen molar-refractivity contribution in [2.45, 2.75) is 31.8 Å². The highest BCUT2D eigenvalue weighted by Crippen LogP contribution is 2.22. The van der Waals surface area contributed by atoms with Crippen LogP contribution in [0.5, 0.6) is 0 Å². The van der Waals surface area contributed by atoms with Crippen LogP contribution in [0.4, 0.5) is 0 Å². The van der Waals surface area contributed by atoms with Gasteiger partial charge < -0.3 is 10.6 Å². The van der Waals surface area contributed by atoms with Crippen molar-refractivity contribution < 1.29 is 4.79 Å². The third kappa shape index (κ3) is 3.36. The number of amides is 1. The molecule has 0 spiro atoms.